The number of nitrogens with one attached hydrogen (secondary N) is 3. The number of anilines is 2. The second-order valence-electron chi connectivity index (χ2n) is 18.2. The Labute approximate surface area is 393 Å². The van der Waals surface area contributed by atoms with Crippen molar-refractivity contribution in [3.63, 3.8) is 0 Å². The van der Waals surface area contributed by atoms with Crippen molar-refractivity contribution < 1.29 is 51.0 Å². The van der Waals surface area contributed by atoms with Gasteiger partial charge in [0.2, 0.25) is 21.8 Å². The van der Waals surface area contributed by atoms with E-state index in [9.17, 15) is 37.2 Å². The average molecular weight is 952 g/mol. The van der Waals surface area contributed by atoms with Crippen molar-refractivity contribution in [2.45, 2.75) is 63.3 Å². The van der Waals surface area contributed by atoms with E-state index in [1.54, 1.807) is 13.0 Å². The number of morpholine rings is 1. The third-order valence-corrected chi connectivity index (χ3v) is 15.7. The summed E-state index contributed by atoms with van der Waals surface area (Å²) < 4.78 is 56.3. The van der Waals surface area contributed by atoms with Gasteiger partial charge >= 0.3 is 0 Å². The molecule has 1 unspecified atom stereocenters. The molecule has 4 fully saturated rings. The van der Waals surface area contributed by atoms with Gasteiger partial charge in [-0.15, -0.1) is 0 Å². The normalized spacial score (nSPS) is 20.1. The first-order valence-corrected chi connectivity index (χ1v) is 24.6. The van der Waals surface area contributed by atoms with Gasteiger partial charge in [-0.1, -0.05) is 30.3 Å². The van der Waals surface area contributed by atoms with Gasteiger partial charge in [-0.05, 0) is 107 Å². The van der Waals surface area contributed by atoms with Gasteiger partial charge in [0.05, 0.1) is 47.2 Å². The zero-order valence-electron chi connectivity index (χ0n) is 38.0. The van der Waals surface area contributed by atoms with Gasteiger partial charge < -0.3 is 29.6 Å². The summed E-state index contributed by atoms with van der Waals surface area (Å²) in [6.07, 6.45) is 3.31. The highest BCUT2D eigenvalue weighted by Crippen LogP contribution is 2.37. The zero-order valence-corrected chi connectivity index (χ0v) is 38.8. The number of likely N-dealkylation sites (tertiary alicyclic amines) is 1. The number of ether oxygens (including phenoxy) is 2. The first-order valence-electron chi connectivity index (χ1n) is 23.1. The summed E-state index contributed by atoms with van der Waals surface area (Å²) in [6, 6.07) is 15.0. The molecule has 358 valence electrons. The predicted molar refractivity (Wildman–Crippen MR) is 248 cm³/mol. The minimum atomic E-state index is -3.93. The van der Waals surface area contributed by atoms with E-state index >= 15 is 4.39 Å². The molecule has 19 heteroatoms. The van der Waals surface area contributed by atoms with E-state index in [4.69, 9.17) is 9.47 Å². The minimum Gasteiger partial charge on any atom is -0.491 e. The molecule has 1 aromatic heterocycles. The number of rotatable bonds is 13. The molecule has 4 aromatic rings. The first kappa shape index (κ1) is 46.8. The summed E-state index contributed by atoms with van der Waals surface area (Å²) in [5, 5.41) is 5.10. The molecule has 0 saturated carbocycles. The van der Waals surface area contributed by atoms with E-state index < -0.39 is 51.4 Å². The zero-order chi connectivity index (χ0) is 47.9. The van der Waals surface area contributed by atoms with Crippen molar-refractivity contribution in [3.8, 4) is 16.9 Å². The maximum absolute atomic E-state index is 15.6. The Morgan fingerprint density at radius 3 is 2.21 bits per heavy atom. The molecule has 9 rings (SSSR count). The first-order chi connectivity index (χ1) is 32.7. The third kappa shape index (κ3) is 9.31. The van der Waals surface area contributed by atoms with Crippen molar-refractivity contribution in [1.82, 2.24) is 24.4 Å². The number of amides is 5. The van der Waals surface area contributed by atoms with E-state index in [-0.39, 0.29) is 83.9 Å². The lowest BCUT2D eigenvalue weighted by atomic mass is 9.92. The van der Waals surface area contributed by atoms with E-state index in [0.717, 1.165) is 56.3 Å². The highest BCUT2D eigenvalue weighted by atomic mass is 32.2. The number of aromatic nitrogens is 1. The lowest BCUT2D eigenvalue weighted by molar-refractivity contribution is -0.136. The number of ketones is 1. The minimum absolute atomic E-state index is 0.000983. The molecule has 6 heterocycles. The van der Waals surface area contributed by atoms with Crippen molar-refractivity contribution in [2.75, 3.05) is 75.9 Å². The van der Waals surface area contributed by atoms with Gasteiger partial charge in [-0.2, -0.15) is 4.31 Å². The van der Waals surface area contributed by atoms with Crippen LogP contribution in [0.3, 0.4) is 0 Å². The van der Waals surface area contributed by atoms with Crippen LogP contribution in [0.4, 0.5) is 15.8 Å². The smallest absolute Gasteiger partial charge is 0.272 e. The van der Waals surface area contributed by atoms with E-state index in [0.29, 0.717) is 53.7 Å². The second-order valence-corrected chi connectivity index (χ2v) is 20.1. The van der Waals surface area contributed by atoms with E-state index in [1.165, 1.54) is 29.4 Å². The SMILES string of the molecule is CC(=O)c1c(C)[nH]c(C(=O)Nc2cc(S(=O)(=O)N3CCOCC3)ccc2OCC2CCN(CC3CCN(c4cc5c(cc4F)C(=O)N(C4CCC(=O)NC4=O)C5=O)CC3)CC2)c1-c1ccccc1. The number of sulfonamides is 1. The summed E-state index contributed by atoms with van der Waals surface area (Å²) in [4.78, 5) is 86.1. The molecule has 0 aliphatic carbocycles. The maximum Gasteiger partial charge on any atom is 0.272 e. The molecule has 5 amide bonds. The Balaban J connectivity index is 0.823. The van der Waals surface area contributed by atoms with Crippen molar-refractivity contribution in [2.24, 2.45) is 11.8 Å². The van der Waals surface area contributed by atoms with Gasteiger partial charge in [-0.25, -0.2) is 12.8 Å². The van der Waals surface area contributed by atoms with Crippen molar-refractivity contribution in [1.29, 1.82) is 0 Å². The molecule has 0 spiro atoms. The number of carbonyl (C=O) groups excluding carboxylic acids is 6. The van der Waals surface area contributed by atoms with Crippen LogP contribution in [-0.4, -0.2) is 135 Å². The van der Waals surface area contributed by atoms with Crippen molar-refractivity contribution in [3.05, 3.63) is 94.6 Å². The number of piperidine rings is 3. The fraction of sp³-hybridized carbons (Fsp3) is 0.429. The molecule has 17 nitrogen and oxygen atoms in total. The Morgan fingerprint density at radius 1 is 0.853 bits per heavy atom. The van der Waals surface area contributed by atoms with Gasteiger partial charge in [0.15, 0.2) is 5.78 Å². The number of hydrogen-bond donors (Lipinski definition) is 3. The van der Waals surface area contributed by atoms with Gasteiger partial charge in [-0.3, -0.25) is 39.0 Å². The third-order valence-electron chi connectivity index (χ3n) is 13.8. The number of hydrogen-bond acceptors (Lipinski definition) is 12. The van der Waals surface area contributed by atoms with Crippen LogP contribution in [0.25, 0.3) is 11.1 Å². The topological polar surface area (TPSA) is 208 Å². The number of carbonyl (C=O) groups is 6. The molecule has 68 heavy (non-hydrogen) atoms. The van der Waals surface area contributed by atoms with Crippen LogP contribution in [0.5, 0.6) is 5.75 Å². The van der Waals surface area contributed by atoms with E-state index in [1.807, 2.05) is 35.2 Å². The predicted octanol–water partition coefficient (Wildman–Crippen LogP) is 5.01. The fourth-order valence-electron chi connectivity index (χ4n) is 10.1. The number of fused-ring (bicyclic) bond motifs is 1. The molecule has 0 radical (unpaired) electrons. The Morgan fingerprint density at radius 2 is 1.53 bits per heavy atom. The molecule has 1 atom stereocenters. The molecule has 3 N–H and O–H groups in total. The molecule has 5 aliphatic rings. The second kappa shape index (κ2) is 19.4. The molecular weight excluding hydrogens is 898 g/mol. The Kier molecular flexibility index (Phi) is 13.3. The number of imide groups is 2. The summed E-state index contributed by atoms with van der Waals surface area (Å²) in [5.41, 5.74) is 2.60. The number of benzene rings is 3. The summed E-state index contributed by atoms with van der Waals surface area (Å²) in [7, 11) is -3.93. The van der Waals surface area contributed by atoms with Crippen LogP contribution < -0.4 is 20.3 Å². The highest BCUT2D eigenvalue weighted by molar-refractivity contribution is 7.89. The Bertz CT molecular complexity index is 2780. The van der Waals surface area contributed by atoms with Gasteiger partial charge in [0, 0.05) is 56.0 Å². The summed E-state index contributed by atoms with van der Waals surface area (Å²) in [5.74, 6) is -3.13. The maximum atomic E-state index is 15.6. The number of halogens is 1. The van der Waals surface area contributed by atoms with Gasteiger partial charge in [0.1, 0.15) is 23.3 Å². The highest BCUT2D eigenvalue weighted by Gasteiger charge is 2.45. The number of H-pyrrole nitrogens is 1. The number of aryl methyl sites for hydroxylation is 1. The summed E-state index contributed by atoms with van der Waals surface area (Å²) >= 11 is 0. The number of Topliss-reactive ketones (excluding diaryl/α,β-unsaturated/α-hetero) is 1. The monoisotopic (exact) mass is 951 g/mol. The quantitative estimate of drug-likeness (QED) is 0.119. The number of aromatic amines is 1. The van der Waals surface area contributed by atoms with Crippen molar-refractivity contribution >= 4 is 56.7 Å². The lowest BCUT2D eigenvalue weighted by Crippen LogP contribution is -2.54. The lowest BCUT2D eigenvalue weighted by Gasteiger charge is -2.38. The largest absolute Gasteiger partial charge is 0.491 e. The van der Waals surface area contributed by atoms with Crippen LogP contribution in [0.15, 0.2) is 65.6 Å². The van der Waals surface area contributed by atoms with Gasteiger partial charge in [0.25, 0.3) is 17.7 Å². The summed E-state index contributed by atoms with van der Waals surface area (Å²) in [6.45, 7) is 8.13. The standard InChI is InChI=1S/C49H54FN7O10S/c1-29-43(30(2)58)44(33-6-4-3-5-7-33)45(51-29)47(61)52-38-24-34(68(64,65)56-20-22-66-23-21-56)8-10-41(38)67-28-32-12-16-54(17-13-32)27-31-14-18-55(19-15-31)40-26-36-35(25-37(40)50)48(62)57(49(36)63)39-9-11-42(59)53-46(39)60/h3-8,10,24-26,31-32,39,51H,9,11-23,27-28H2,1-2H3,(H,52,61)(H,53,59,60). The van der Waals surface area contributed by atoms with E-state index in [2.05, 4.69) is 20.5 Å². The van der Waals surface area contributed by atoms with Crippen LogP contribution in [0.2, 0.25) is 0 Å². The molecule has 0 bridgehead atoms. The molecule has 3 aromatic carbocycles. The van der Waals surface area contributed by atoms with Crippen LogP contribution in [0, 0.1) is 24.6 Å². The fourth-order valence-corrected chi connectivity index (χ4v) is 11.6. The van der Waals surface area contributed by atoms with Crippen LogP contribution in [0.1, 0.15) is 92.7 Å². The molecular formula is C49H54FN7O10S. The van der Waals surface area contributed by atoms with Crippen LogP contribution >= 0.6 is 0 Å². The Hall–Kier alpha value is -6.28. The molecule has 4 saturated heterocycles. The van der Waals surface area contributed by atoms with Crippen LogP contribution in [-0.2, 0) is 24.3 Å². The number of nitrogens with zero attached hydrogens (tertiary/aromatic N) is 4. The molecule has 5 aliphatic heterocycles. The average Bonchev–Trinajstić information content (AvgIpc) is 3.81.